The maximum atomic E-state index is 12.6. The molecule has 10 heteroatoms. The van der Waals surface area contributed by atoms with Crippen molar-refractivity contribution in [3.8, 4) is 0 Å². The van der Waals surface area contributed by atoms with E-state index >= 15 is 0 Å². The Labute approximate surface area is 213 Å². The molecule has 1 unspecified atom stereocenters. The number of hydrogen-bond donors (Lipinski definition) is 3. The first-order valence-electron chi connectivity index (χ1n) is 11.7. The van der Waals surface area contributed by atoms with Crippen molar-refractivity contribution >= 4 is 21.4 Å². The van der Waals surface area contributed by atoms with Gasteiger partial charge in [-0.25, -0.2) is 13.9 Å². The quantitative estimate of drug-likeness (QED) is 0.294. The Hall–Kier alpha value is -3.04. The number of allylic oxidation sites excluding steroid dienone is 3. The number of nitrogens with zero attached hydrogens (tertiary/aromatic N) is 1. The number of carbonyl (C=O) groups is 1. The molecule has 1 aromatic rings. The maximum absolute atomic E-state index is 12.6. The normalized spacial score (nSPS) is 20.3. The number of anilines is 1. The molecule has 2 rings (SSSR count). The van der Waals surface area contributed by atoms with Crippen molar-refractivity contribution in [3.63, 3.8) is 0 Å². The molecule has 1 aliphatic rings. The van der Waals surface area contributed by atoms with E-state index in [9.17, 15) is 13.2 Å². The summed E-state index contributed by atoms with van der Waals surface area (Å²) in [6.45, 7) is 5.15. The molecule has 0 aromatic heterocycles. The average Bonchev–Trinajstić information content (AvgIpc) is 2.83. The molecular formula is C26H36N4O5S. The summed E-state index contributed by atoms with van der Waals surface area (Å²) in [5.41, 5.74) is 13.7. The van der Waals surface area contributed by atoms with E-state index in [1.54, 1.807) is 38.5 Å². The molecule has 0 aliphatic heterocycles. The smallest absolute Gasteiger partial charge is 0.297 e. The molecule has 9 nitrogen and oxygen atoms in total. The number of amides is 1. The van der Waals surface area contributed by atoms with E-state index in [-0.39, 0.29) is 22.4 Å². The molecule has 0 spiro atoms. The Bertz CT molecular complexity index is 1170. The van der Waals surface area contributed by atoms with Crippen molar-refractivity contribution in [1.29, 1.82) is 5.53 Å². The Balaban J connectivity index is 2.56. The van der Waals surface area contributed by atoms with Crippen LogP contribution < -0.4 is 10.6 Å². The first-order valence-corrected chi connectivity index (χ1v) is 13.6. The van der Waals surface area contributed by atoms with Gasteiger partial charge < -0.3 is 20.1 Å². The number of carbonyl (C=O) groups excluding carboxylic acids is 1. The monoisotopic (exact) mass is 516 g/mol. The van der Waals surface area contributed by atoms with Crippen LogP contribution in [0, 0.1) is 11.4 Å². The minimum atomic E-state index is -3.41. The number of sulfone groups is 1. The summed E-state index contributed by atoms with van der Waals surface area (Å²) in [6.07, 6.45) is 6.58. The third-order valence-corrected chi connectivity index (χ3v) is 6.95. The summed E-state index contributed by atoms with van der Waals surface area (Å²) < 4.78 is 34.7. The van der Waals surface area contributed by atoms with Crippen LogP contribution in [0.1, 0.15) is 33.1 Å². The highest BCUT2D eigenvalue weighted by Gasteiger charge is 2.20. The van der Waals surface area contributed by atoms with Crippen LogP contribution in [0.4, 0.5) is 5.69 Å². The van der Waals surface area contributed by atoms with Gasteiger partial charge in [0.2, 0.25) is 0 Å². The lowest BCUT2D eigenvalue weighted by Crippen LogP contribution is -2.37. The predicted molar refractivity (Wildman–Crippen MR) is 139 cm³/mol. The summed E-state index contributed by atoms with van der Waals surface area (Å²) in [5, 5.41) is 9.80. The fourth-order valence-corrected chi connectivity index (χ4v) is 4.77. The van der Waals surface area contributed by atoms with E-state index < -0.39 is 15.7 Å². The number of nitrogens with one attached hydrogen (secondary N) is 3. The van der Waals surface area contributed by atoms with Gasteiger partial charge in [-0.3, -0.25) is 4.79 Å². The summed E-state index contributed by atoms with van der Waals surface area (Å²) in [7, 11) is -0.115. The number of methoxy groups -OCH3 is 2. The second-order valence-electron chi connectivity index (χ2n) is 8.63. The molecule has 0 heterocycles. The molecule has 3 N–H and O–H groups in total. The molecule has 1 aliphatic carbocycles. The highest BCUT2D eigenvalue weighted by Crippen LogP contribution is 2.27. The zero-order valence-electron chi connectivity index (χ0n) is 21.6. The molecule has 36 heavy (non-hydrogen) atoms. The van der Waals surface area contributed by atoms with E-state index in [0.717, 1.165) is 18.4 Å². The largest absolute Gasteiger partial charge is 0.382 e. The predicted octanol–water partition coefficient (Wildman–Crippen LogP) is 4.37. The van der Waals surface area contributed by atoms with Gasteiger partial charge in [0.15, 0.2) is 9.84 Å². The first kappa shape index (κ1) is 29.2. The van der Waals surface area contributed by atoms with Crippen LogP contribution in [0.25, 0.3) is 0 Å². The molecule has 0 fully saturated rings. The summed E-state index contributed by atoms with van der Waals surface area (Å²) in [6, 6.07) is 6.29. The van der Waals surface area contributed by atoms with E-state index in [2.05, 4.69) is 35.3 Å². The Morgan fingerprint density at radius 1 is 1.28 bits per heavy atom. The van der Waals surface area contributed by atoms with Crippen LogP contribution in [-0.2, 0) is 24.1 Å². The highest BCUT2D eigenvalue weighted by molar-refractivity contribution is 7.90. The summed E-state index contributed by atoms with van der Waals surface area (Å²) in [5.74, 6) is -0.593. The van der Waals surface area contributed by atoms with Gasteiger partial charge in [-0.15, -0.1) is 5.11 Å². The number of benzene rings is 1. The van der Waals surface area contributed by atoms with Gasteiger partial charge >= 0.3 is 0 Å². The minimum absolute atomic E-state index is 0.0322. The van der Waals surface area contributed by atoms with Crippen molar-refractivity contribution in [2.45, 2.75) is 44.0 Å². The van der Waals surface area contributed by atoms with Gasteiger partial charge in [-0.1, -0.05) is 31.7 Å². The lowest BCUT2D eigenvalue weighted by molar-refractivity contribution is -0.114. The van der Waals surface area contributed by atoms with Crippen LogP contribution >= 0.6 is 0 Å². The number of hydrogen-bond acceptors (Lipinski definition) is 8. The third-order valence-electron chi connectivity index (χ3n) is 5.84. The maximum Gasteiger partial charge on any atom is 0.297 e. The molecular weight excluding hydrogens is 480 g/mol. The Morgan fingerprint density at radius 3 is 2.56 bits per heavy atom. The van der Waals surface area contributed by atoms with Crippen LogP contribution in [-0.4, -0.2) is 54.1 Å². The molecule has 0 radical (unpaired) electrons. The molecule has 0 saturated heterocycles. The van der Waals surface area contributed by atoms with Crippen molar-refractivity contribution < 1.29 is 22.7 Å². The van der Waals surface area contributed by atoms with Gasteiger partial charge in [-0.2, -0.15) is 0 Å². The van der Waals surface area contributed by atoms with Crippen molar-refractivity contribution in [2.24, 2.45) is 11.0 Å². The van der Waals surface area contributed by atoms with Gasteiger partial charge in [0.25, 0.3) is 5.91 Å². The zero-order valence-corrected chi connectivity index (χ0v) is 22.4. The SMILES string of the molecule is CC/C1=C(\NC(COC)COC)CC=C=C(Nc2cccc(S(C)(=O)=O)c2)/C(C(=O)N=N)=C/CC1C. The van der Waals surface area contributed by atoms with E-state index in [0.29, 0.717) is 37.4 Å². The van der Waals surface area contributed by atoms with Gasteiger partial charge in [0, 0.05) is 38.3 Å². The van der Waals surface area contributed by atoms with Crippen molar-refractivity contribution in [3.05, 3.63) is 64.7 Å². The van der Waals surface area contributed by atoms with Gasteiger partial charge in [0.05, 0.1) is 35.4 Å². The van der Waals surface area contributed by atoms with E-state index in [4.69, 9.17) is 15.0 Å². The van der Waals surface area contributed by atoms with Crippen LogP contribution in [0.5, 0.6) is 0 Å². The second kappa shape index (κ2) is 13.9. The van der Waals surface area contributed by atoms with Crippen molar-refractivity contribution in [1.82, 2.24) is 5.32 Å². The summed E-state index contributed by atoms with van der Waals surface area (Å²) >= 11 is 0. The standard InChI is InChI=1S/C26H36N4O5S/c1-6-22-18(2)13-14-23(26(31)30-27)25(28-19-9-7-10-21(15-19)36(5,32)33)12-8-11-24(22)29-20(16-34-3)17-35-4/h7-10,14-15,18,20,27-29H,6,11,13,16-17H2,1-5H3/b23-14-,24-22+,30-27?. The molecule has 196 valence electrons. The lowest BCUT2D eigenvalue weighted by Gasteiger charge is -2.25. The molecule has 1 atom stereocenters. The average molecular weight is 517 g/mol. The highest BCUT2D eigenvalue weighted by atomic mass is 32.2. The van der Waals surface area contributed by atoms with Gasteiger partial charge in [-0.05, 0) is 48.6 Å². The van der Waals surface area contributed by atoms with Crippen molar-refractivity contribution in [2.75, 3.05) is 39.0 Å². The minimum Gasteiger partial charge on any atom is -0.382 e. The van der Waals surface area contributed by atoms with Crippen LogP contribution in [0.3, 0.4) is 0 Å². The molecule has 0 saturated carbocycles. The van der Waals surface area contributed by atoms with Gasteiger partial charge in [0.1, 0.15) is 0 Å². The Kier molecular flexibility index (Phi) is 11.3. The van der Waals surface area contributed by atoms with E-state index in [1.807, 2.05) is 0 Å². The summed E-state index contributed by atoms with van der Waals surface area (Å²) in [4.78, 5) is 12.7. The fourth-order valence-electron chi connectivity index (χ4n) is 4.10. The number of ether oxygens (including phenoxy) is 2. The topological polar surface area (TPSA) is 130 Å². The lowest BCUT2D eigenvalue weighted by atomic mass is 9.90. The fraction of sp³-hybridized carbons (Fsp3) is 0.462. The third kappa shape index (κ3) is 8.27. The Morgan fingerprint density at radius 2 is 1.97 bits per heavy atom. The number of rotatable bonds is 11. The van der Waals surface area contributed by atoms with Crippen LogP contribution in [0.2, 0.25) is 0 Å². The second-order valence-corrected chi connectivity index (χ2v) is 10.6. The first-order chi connectivity index (χ1) is 17.1. The van der Waals surface area contributed by atoms with Crippen LogP contribution in [0.15, 0.2) is 74.7 Å². The molecule has 0 bridgehead atoms. The molecule has 1 aromatic carbocycles. The zero-order chi connectivity index (χ0) is 26.7. The molecule has 1 amide bonds. The van der Waals surface area contributed by atoms with E-state index in [1.165, 1.54) is 17.7 Å².